The Labute approximate surface area is 235 Å². The van der Waals surface area contributed by atoms with Gasteiger partial charge in [0, 0.05) is 22.7 Å². The predicted octanol–water partition coefficient (Wildman–Crippen LogP) is 4.00. The number of carbonyl (C=O) groups is 2. The van der Waals surface area contributed by atoms with Crippen molar-refractivity contribution in [3.63, 3.8) is 0 Å². The van der Waals surface area contributed by atoms with Gasteiger partial charge >= 0.3 is 0 Å². The number of primary amides is 1. The Morgan fingerprint density at radius 3 is 2.75 bits per heavy atom. The monoisotopic (exact) mass is 562 g/mol. The number of anilines is 2. The number of pyridine rings is 1. The number of aliphatic hydroxyl groups excluding tert-OH is 1. The van der Waals surface area contributed by atoms with Gasteiger partial charge in [0.1, 0.15) is 17.3 Å². The van der Waals surface area contributed by atoms with E-state index in [1.807, 2.05) is 6.07 Å². The van der Waals surface area contributed by atoms with Gasteiger partial charge in [0.05, 0.1) is 22.4 Å². The average Bonchev–Trinajstić information content (AvgIpc) is 3.55. The number of hydrogen-bond donors (Lipinski definition) is 5. The van der Waals surface area contributed by atoms with E-state index >= 15 is 0 Å². The van der Waals surface area contributed by atoms with Crippen LogP contribution in [-0.2, 0) is 17.6 Å². The Balaban J connectivity index is 1.30. The van der Waals surface area contributed by atoms with Crippen LogP contribution in [0.1, 0.15) is 56.5 Å². The molecule has 1 aliphatic heterocycles. The van der Waals surface area contributed by atoms with Crippen molar-refractivity contribution in [1.82, 2.24) is 9.88 Å². The first-order chi connectivity index (χ1) is 19.2. The molecule has 3 aromatic rings. The number of nitrogens with one attached hydrogen (secondary N) is 3. The quantitative estimate of drug-likeness (QED) is 0.207. The number of nitrogens with zero attached hydrogens (tertiary/aromatic N) is 2. The van der Waals surface area contributed by atoms with Gasteiger partial charge in [-0.2, -0.15) is 0 Å². The van der Waals surface area contributed by atoms with Crippen LogP contribution >= 0.6 is 11.3 Å². The lowest BCUT2D eigenvalue weighted by Crippen LogP contribution is -2.22. The summed E-state index contributed by atoms with van der Waals surface area (Å²) in [4.78, 5) is 33.2. The van der Waals surface area contributed by atoms with Crippen molar-refractivity contribution in [2.24, 2.45) is 5.73 Å². The molecule has 1 aliphatic carbocycles. The zero-order valence-corrected chi connectivity index (χ0v) is 22.9. The van der Waals surface area contributed by atoms with Gasteiger partial charge in [-0.25, -0.2) is 9.37 Å². The molecule has 2 aliphatic rings. The van der Waals surface area contributed by atoms with Crippen molar-refractivity contribution in [2.75, 3.05) is 24.2 Å². The van der Waals surface area contributed by atoms with Crippen molar-refractivity contribution >= 4 is 40.4 Å². The number of rotatable bonds is 8. The molecule has 6 N–H and O–H groups in total. The molecule has 40 heavy (non-hydrogen) atoms. The fraction of sp³-hybridized carbons (Fsp3) is 0.310. The first-order valence-corrected chi connectivity index (χ1v) is 13.9. The third-order valence-electron chi connectivity index (χ3n) is 7.31. The minimum absolute atomic E-state index is 0.0514. The highest BCUT2D eigenvalue weighted by molar-refractivity contribution is 7.14. The second-order valence-electron chi connectivity index (χ2n) is 10.2. The Morgan fingerprint density at radius 2 is 2.05 bits per heavy atom. The third-order valence-corrected chi connectivity index (χ3v) is 8.55. The number of aryl methyl sites for hydroxylation is 1. The SMILES string of the molecule is CN1CCCC1c1ccc(N/C(=C/C(=N)c2ccc(F)c(NC(=O)c3cc4c(s3)CC[C@@H](O)C4)c2)C(N)=O)nc1. The number of aromatic nitrogens is 1. The summed E-state index contributed by atoms with van der Waals surface area (Å²) in [6.45, 7) is 1.04. The maximum Gasteiger partial charge on any atom is 0.265 e. The van der Waals surface area contributed by atoms with Crippen molar-refractivity contribution in [3.8, 4) is 0 Å². The number of amides is 2. The van der Waals surface area contributed by atoms with Crippen LogP contribution in [-0.4, -0.2) is 52.2 Å². The molecule has 1 unspecified atom stereocenters. The standard InChI is InChI=1S/C29H31FN6O3S/c1-36-10-2-3-24(36)17-5-9-27(33-15-17)34-23(28(32)38)14-21(31)16-4-7-20(30)22(12-16)35-29(39)26-13-18-11-19(37)6-8-25(18)40-26/h4-5,7,9,12-15,19,24,31,37H,2-3,6,8,10-11H2,1H3,(H2,32,38)(H,33,34)(H,35,39)/b23-14+,31-21?/t19-,24?/m1/s1. The van der Waals surface area contributed by atoms with E-state index in [4.69, 9.17) is 11.1 Å². The van der Waals surface area contributed by atoms with E-state index in [-0.39, 0.29) is 22.7 Å². The molecule has 1 fully saturated rings. The molecule has 1 aromatic carbocycles. The predicted molar refractivity (Wildman–Crippen MR) is 153 cm³/mol. The number of likely N-dealkylation sites (tertiary alicyclic amines) is 1. The number of fused-ring (bicyclic) bond motifs is 1. The van der Waals surface area contributed by atoms with Crippen molar-refractivity contribution in [3.05, 3.63) is 86.6 Å². The van der Waals surface area contributed by atoms with E-state index in [0.29, 0.717) is 36.0 Å². The second kappa shape index (κ2) is 11.7. The largest absolute Gasteiger partial charge is 0.393 e. The summed E-state index contributed by atoms with van der Waals surface area (Å²) in [5, 5.41) is 23.9. The lowest BCUT2D eigenvalue weighted by atomic mass is 9.96. The Hall–Kier alpha value is -3.93. The van der Waals surface area contributed by atoms with E-state index in [1.165, 1.54) is 29.5 Å². The van der Waals surface area contributed by atoms with Crippen LogP contribution in [0, 0.1) is 11.2 Å². The summed E-state index contributed by atoms with van der Waals surface area (Å²) in [6, 6.07) is 9.64. The number of nitrogens with two attached hydrogens (primary N) is 1. The second-order valence-corrected chi connectivity index (χ2v) is 11.3. The van der Waals surface area contributed by atoms with E-state index in [2.05, 4.69) is 27.6 Å². The molecule has 0 radical (unpaired) electrons. The van der Waals surface area contributed by atoms with Crippen molar-refractivity contribution in [2.45, 2.75) is 44.2 Å². The summed E-state index contributed by atoms with van der Waals surface area (Å²) in [5.41, 5.74) is 7.62. The maximum atomic E-state index is 14.6. The van der Waals surface area contributed by atoms with Crippen LogP contribution < -0.4 is 16.4 Å². The number of aliphatic hydroxyl groups is 1. The zero-order valence-electron chi connectivity index (χ0n) is 22.0. The molecule has 2 amide bonds. The molecular weight excluding hydrogens is 531 g/mol. The minimum atomic E-state index is -0.784. The molecule has 5 rings (SSSR count). The summed E-state index contributed by atoms with van der Waals surface area (Å²) in [5.74, 6) is -1.50. The van der Waals surface area contributed by atoms with Crippen LogP contribution in [0.2, 0.25) is 0 Å². The van der Waals surface area contributed by atoms with Gasteiger partial charge in [-0.1, -0.05) is 6.07 Å². The number of hydrogen-bond acceptors (Lipinski definition) is 8. The first kappa shape index (κ1) is 27.6. The van der Waals surface area contributed by atoms with Gasteiger partial charge in [-0.15, -0.1) is 11.3 Å². The van der Waals surface area contributed by atoms with Gasteiger partial charge in [0.15, 0.2) is 0 Å². The molecule has 9 nitrogen and oxygen atoms in total. The molecule has 0 spiro atoms. The van der Waals surface area contributed by atoms with E-state index in [1.54, 1.807) is 18.3 Å². The van der Waals surface area contributed by atoms with Gasteiger partial charge in [0.2, 0.25) is 0 Å². The highest BCUT2D eigenvalue weighted by Gasteiger charge is 2.24. The van der Waals surface area contributed by atoms with E-state index in [9.17, 15) is 19.1 Å². The first-order valence-electron chi connectivity index (χ1n) is 13.1. The average molecular weight is 563 g/mol. The molecule has 0 bridgehead atoms. The molecule has 1 saturated heterocycles. The molecule has 2 atom stereocenters. The summed E-state index contributed by atoms with van der Waals surface area (Å²) in [6.07, 6.45) is 6.65. The maximum absolute atomic E-state index is 14.6. The minimum Gasteiger partial charge on any atom is -0.393 e. The van der Waals surface area contributed by atoms with Gasteiger partial charge in [-0.3, -0.25) is 14.5 Å². The lowest BCUT2D eigenvalue weighted by Gasteiger charge is -2.19. The lowest BCUT2D eigenvalue weighted by molar-refractivity contribution is -0.114. The van der Waals surface area contributed by atoms with Crippen LogP contribution in [0.4, 0.5) is 15.9 Å². The molecule has 208 valence electrons. The fourth-order valence-electron chi connectivity index (χ4n) is 5.13. The zero-order chi connectivity index (χ0) is 28.4. The third kappa shape index (κ3) is 6.11. The van der Waals surface area contributed by atoms with Gasteiger partial charge < -0.3 is 26.9 Å². The smallest absolute Gasteiger partial charge is 0.265 e. The van der Waals surface area contributed by atoms with E-state index < -0.39 is 23.7 Å². The number of halogens is 1. The summed E-state index contributed by atoms with van der Waals surface area (Å²) in [7, 11) is 2.08. The Morgan fingerprint density at radius 1 is 1.23 bits per heavy atom. The Kier molecular flexibility index (Phi) is 8.06. The topological polar surface area (TPSA) is 144 Å². The molecule has 3 heterocycles. The van der Waals surface area contributed by atoms with Crippen molar-refractivity contribution < 1.29 is 19.1 Å². The van der Waals surface area contributed by atoms with Gasteiger partial charge in [0.25, 0.3) is 11.8 Å². The number of benzene rings is 1. The Bertz CT molecular complexity index is 1490. The fourth-order valence-corrected chi connectivity index (χ4v) is 6.23. The molecule has 11 heteroatoms. The van der Waals surface area contributed by atoms with Crippen molar-refractivity contribution in [1.29, 1.82) is 5.41 Å². The number of thiophene rings is 1. The van der Waals surface area contributed by atoms with Gasteiger partial charge in [-0.05, 0) is 93.2 Å². The molecular formula is C29H31FN6O3S. The highest BCUT2D eigenvalue weighted by atomic mass is 32.1. The van der Waals surface area contributed by atoms with Crippen LogP contribution in [0.15, 0.2) is 54.4 Å². The number of carbonyl (C=O) groups excluding carboxylic acids is 2. The van der Waals surface area contributed by atoms with Crippen LogP contribution in [0.25, 0.3) is 0 Å². The van der Waals surface area contributed by atoms with Crippen LogP contribution in [0.3, 0.4) is 0 Å². The summed E-state index contributed by atoms with van der Waals surface area (Å²) < 4.78 is 14.6. The van der Waals surface area contributed by atoms with E-state index in [0.717, 1.165) is 41.5 Å². The normalized spacial score (nSPS) is 19.2. The molecule has 0 saturated carbocycles. The highest BCUT2D eigenvalue weighted by Crippen LogP contribution is 2.31. The number of allylic oxidation sites excluding steroid dienone is 1. The molecule has 2 aromatic heterocycles. The van der Waals surface area contributed by atoms with Crippen LogP contribution in [0.5, 0.6) is 0 Å². The summed E-state index contributed by atoms with van der Waals surface area (Å²) >= 11 is 1.34.